The van der Waals surface area contributed by atoms with Crippen molar-refractivity contribution < 1.29 is 9.18 Å². The molecule has 9 heteroatoms. The molecule has 0 bridgehead atoms. The largest absolute Gasteiger partial charge is 0.354 e. The van der Waals surface area contributed by atoms with Gasteiger partial charge in [-0.2, -0.15) is 0 Å². The van der Waals surface area contributed by atoms with Gasteiger partial charge >= 0.3 is 0 Å². The van der Waals surface area contributed by atoms with E-state index in [2.05, 4.69) is 30.6 Å². The van der Waals surface area contributed by atoms with Crippen LogP contribution >= 0.6 is 0 Å². The molecule has 0 unspecified atom stereocenters. The van der Waals surface area contributed by atoms with Gasteiger partial charge in [-0.3, -0.25) is 4.79 Å². The maximum atomic E-state index is 14.4. The lowest BCUT2D eigenvalue weighted by Crippen LogP contribution is -2.19. The van der Waals surface area contributed by atoms with E-state index in [4.69, 9.17) is 0 Å². The van der Waals surface area contributed by atoms with Gasteiger partial charge in [0.2, 0.25) is 5.95 Å². The lowest BCUT2D eigenvalue weighted by atomic mass is 10.2. The standard InChI is InChI=1S/C18H20FN7O/c1-10(2)26-11(3)21-9-15(26)16-13(19)8-23-18(25-16)24-12-5-6-14(22-7-12)17(27)20-4/h5-10H,1-4H3,(H,20,27)(H,23,24,25). The Hall–Kier alpha value is -3.36. The molecule has 8 nitrogen and oxygen atoms in total. The Morgan fingerprint density at radius 1 is 1.15 bits per heavy atom. The summed E-state index contributed by atoms with van der Waals surface area (Å²) < 4.78 is 16.3. The third kappa shape index (κ3) is 3.76. The first-order chi connectivity index (χ1) is 12.9. The summed E-state index contributed by atoms with van der Waals surface area (Å²) in [6.07, 6.45) is 4.20. The van der Waals surface area contributed by atoms with Gasteiger partial charge in [-0.15, -0.1) is 0 Å². The van der Waals surface area contributed by atoms with Crippen molar-refractivity contribution in [2.24, 2.45) is 0 Å². The molecule has 0 aromatic carbocycles. The zero-order valence-corrected chi connectivity index (χ0v) is 15.5. The molecule has 3 aromatic rings. The SMILES string of the molecule is CNC(=O)c1ccc(Nc2ncc(F)c(-c3cnc(C)n3C(C)C)n2)cn1. The van der Waals surface area contributed by atoms with Crippen LogP contribution in [0.3, 0.4) is 0 Å². The quantitative estimate of drug-likeness (QED) is 0.718. The fraction of sp³-hybridized carbons (Fsp3) is 0.278. The molecule has 0 atom stereocenters. The number of nitrogens with one attached hydrogen (secondary N) is 2. The highest BCUT2D eigenvalue weighted by Crippen LogP contribution is 2.26. The number of carbonyl (C=O) groups excluding carboxylic acids is 1. The van der Waals surface area contributed by atoms with Gasteiger partial charge < -0.3 is 15.2 Å². The Bertz CT molecular complexity index is 966. The normalized spacial score (nSPS) is 10.9. The molecule has 0 saturated carbocycles. The number of halogens is 1. The van der Waals surface area contributed by atoms with E-state index in [1.165, 1.54) is 13.2 Å². The number of rotatable bonds is 5. The highest BCUT2D eigenvalue weighted by molar-refractivity contribution is 5.92. The molecule has 3 rings (SSSR count). The average molecular weight is 369 g/mol. The molecule has 0 fully saturated rings. The fourth-order valence-electron chi connectivity index (χ4n) is 2.75. The molecule has 0 saturated heterocycles. The zero-order chi connectivity index (χ0) is 19.6. The fourth-order valence-corrected chi connectivity index (χ4v) is 2.75. The first-order valence-corrected chi connectivity index (χ1v) is 8.42. The van der Waals surface area contributed by atoms with Crippen LogP contribution in [0.4, 0.5) is 16.0 Å². The van der Waals surface area contributed by atoms with Crippen LogP contribution in [0, 0.1) is 12.7 Å². The van der Waals surface area contributed by atoms with Crippen LogP contribution in [0.5, 0.6) is 0 Å². The van der Waals surface area contributed by atoms with Crippen LogP contribution in [0.1, 0.15) is 36.2 Å². The van der Waals surface area contributed by atoms with Crippen molar-refractivity contribution in [3.8, 4) is 11.4 Å². The summed E-state index contributed by atoms with van der Waals surface area (Å²) in [5.74, 6) is 0.186. The van der Waals surface area contributed by atoms with Crippen LogP contribution in [0.2, 0.25) is 0 Å². The van der Waals surface area contributed by atoms with Gasteiger partial charge in [-0.05, 0) is 32.9 Å². The van der Waals surface area contributed by atoms with E-state index in [1.54, 1.807) is 18.3 Å². The Morgan fingerprint density at radius 3 is 2.56 bits per heavy atom. The number of imidazole rings is 1. The third-order valence-electron chi connectivity index (χ3n) is 3.96. The summed E-state index contributed by atoms with van der Waals surface area (Å²) in [7, 11) is 1.54. The minimum atomic E-state index is -0.532. The summed E-state index contributed by atoms with van der Waals surface area (Å²) in [5, 5.41) is 5.47. The third-order valence-corrected chi connectivity index (χ3v) is 3.96. The molecule has 3 aromatic heterocycles. The van der Waals surface area contributed by atoms with Gasteiger partial charge in [-0.1, -0.05) is 0 Å². The molecule has 140 valence electrons. The van der Waals surface area contributed by atoms with Crippen molar-refractivity contribution in [3.63, 3.8) is 0 Å². The van der Waals surface area contributed by atoms with Crippen molar-refractivity contribution >= 4 is 17.5 Å². The lowest BCUT2D eigenvalue weighted by Gasteiger charge is -2.14. The van der Waals surface area contributed by atoms with Crippen LogP contribution in [-0.2, 0) is 0 Å². The smallest absolute Gasteiger partial charge is 0.269 e. The monoisotopic (exact) mass is 369 g/mol. The summed E-state index contributed by atoms with van der Waals surface area (Å²) >= 11 is 0. The minimum Gasteiger partial charge on any atom is -0.354 e. The van der Waals surface area contributed by atoms with Gasteiger partial charge in [0.15, 0.2) is 5.82 Å². The van der Waals surface area contributed by atoms with E-state index in [-0.39, 0.29) is 23.6 Å². The summed E-state index contributed by atoms with van der Waals surface area (Å²) in [6, 6.07) is 3.35. The Labute approximate surface area is 155 Å². The summed E-state index contributed by atoms with van der Waals surface area (Å²) in [6.45, 7) is 5.85. The average Bonchev–Trinajstić information content (AvgIpc) is 3.05. The van der Waals surface area contributed by atoms with E-state index in [0.717, 1.165) is 12.0 Å². The van der Waals surface area contributed by atoms with Crippen LogP contribution in [0.15, 0.2) is 30.7 Å². The summed E-state index contributed by atoms with van der Waals surface area (Å²) in [5.41, 5.74) is 1.61. The molecule has 0 aliphatic rings. The minimum absolute atomic E-state index is 0.106. The predicted octanol–water partition coefficient (Wildman–Crippen LogP) is 2.87. The van der Waals surface area contributed by atoms with Gasteiger partial charge in [0, 0.05) is 13.1 Å². The van der Waals surface area contributed by atoms with E-state index < -0.39 is 5.82 Å². The van der Waals surface area contributed by atoms with E-state index in [9.17, 15) is 9.18 Å². The topological polar surface area (TPSA) is 97.6 Å². The number of pyridine rings is 1. The number of hydrogen-bond acceptors (Lipinski definition) is 6. The number of carbonyl (C=O) groups is 1. The van der Waals surface area contributed by atoms with Crippen LogP contribution in [-0.4, -0.2) is 37.5 Å². The number of hydrogen-bond donors (Lipinski definition) is 2. The number of anilines is 2. The zero-order valence-electron chi connectivity index (χ0n) is 15.5. The Balaban J connectivity index is 1.91. The van der Waals surface area contributed by atoms with E-state index in [0.29, 0.717) is 17.1 Å². The molecule has 0 spiro atoms. The number of aryl methyl sites for hydroxylation is 1. The van der Waals surface area contributed by atoms with Crippen LogP contribution < -0.4 is 10.6 Å². The van der Waals surface area contributed by atoms with E-state index >= 15 is 0 Å². The molecule has 2 N–H and O–H groups in total. The molecule has 0 aliphatic carbocycles. The molecule has 27 heavy (non-hydrogen) atoms. The Morgan fingerprint density at radius 2 is 1.93 bits per heavy atom. The lowest BCUT2D eigenvalue weighted by molar-refractivity contribution is 0.0958. The molecule has 0 radical (unpaired) electrons. The van der Waals surface area contributed by atoms with Gasteiger partial charge in [-0.25, -0.2) is 24.3 Å². The molecule has 1 amide bonds. The maximum Gasteiger partial charge on any atom is 0.269 e. The first-order valence-electron chi connectivity index (χ1n) is 8.42. The number of nitrogens with zero attached hydrogens (tertiary/aromatic N) is 5. The first kappa shape index (κ1) is 18.4. The maximum absolute atomic E-state index is 14.4. The second-order valence-electron chi connectivity index (χ2n) is 6.18. The van der Waals surface area contributed by atoms with Crippen molar-refractivity contribution in [3.05, 3.63) is 48.1 Å². The van der Waals surface area contributed by atoms with E-state index in [1.807, 2.05) is 25.3 Å². The second kappa shape index (κ2) is 7.48. The number of amides is 1. The van der Waals surface area contributed by atoms with Gasteiger partial charge in [0.25, 0.3) is 5.91 Å². The predicted molar refractivity (Wildman–Crippen MR) is 99.2 cm³/mol. The molecular weight excluding hydrogens is 349 g/mol. The molecule has 3 heterocycles. The van der Waals surface area contributed by atoms with Crippen molar-refractivity contribution in [1.82, 2.24) is 29.8 Å². The highest BCUT2D eigenvalue weighted by atomic mass is 19.1. The Kier molecular flexibility index (Phi) is 5.11. The molecular formula is C18H20FN7O. The second-order valence-corrected chi connectivity index (χ2v) is 6.18. The number of aromatic nitrogens is 5. The summed E-state index contributed by atoms with van der Waals surface area (Å²) in [4.78, 5) is 28.2. The van der Waals surface area contributed by atoms with Crippen LogP contribution in [0.25, 0.3) is 11.4 Å². The van der Waals surface area contributed by atoms with Gasteiger partial charge in [0.05, 0.1) is 30.0 Å². The highest BCUT2D eigenvalue weighted by Gasteiger charge is 2.17. The van der Waals surface area contributed by atoms with Crippen molar-refractivity contribution in [2.45, 2.75) is 26.8 Å². The van der Waals surface area contributed by atoms with Crippen molar-refractivity contribution in [1.29, 1.82) is 0 Å². The van der Waals surface area contributed by atoms with Crippen molar-refractivity contribution in [2.75, 3.05) is 12.4 Å². The van der Waals surface area contributed by atoms with Gasteiger partial charge in [0.1, 0.15) is 17.2 Å². The molecule has 0 aliphatic heterocycles.